The van der Waals surface area contributed by atoms with Crippen LogP contribution in [0.3, 0.4) is 0 Å². The van der Waals surface area contributed by atoms with Gasteiger partial charge in [-0.1, -0.05) is 44.0 Å². The molecule has 152 valence electrons. The van der Waals surface area contributed by atoms with E-state index in [1.165, 1.54) is 31.2 Å². The van der Waals surface area contributed by atoms with Gasteiger partial charge in [0.25, 0.3) is 5.91 Å². The standard InChI is InChI=1S/C23H32ClN3O/c1-4-5-14-27-20(16-6-8-18(24)9-7-16)15-19(26-27)21(28)25-23(3)17-10-12-22(23,2)13-11-17/h6-9,17,20H,4-5,10-15H2,1-3H3,(H,25,28). The maximum absolute atomic E-state index is 13.2. The van der Waals surface area contributed by atoms with Crippen molar-refractivity contribution in [2.24, 2.45) is 16.4 Å². The van der Waals surface area contributed by atoms with Crippen molar-refractivity contribution in [3.63, 3.8) is 0 Å². The summed E-state index contributed by atoms with van der Waals surface area (Å²) in [6.07, 6.45) is 7.74. The average molecular weight is 402 g/mol. The molecule has 0 radical (unpaired) electrons. The van der Waals surface area contributed by atoms with Crippen LogP contribution in [0.15, 0.2) is 29.4 Å². The minimum atomic E-state index is -0.0980. The highest BCUT2D eigenvalue weighted by atomic mass is 35.5. The van der Waals surface area contributed by atoms with Gasteiger partial charge in [0.2, 0.25) is 0 Å². The van der Waals surface area contributed by atoms with Gasteiger partial charge in [-0.2, -0.15) is 5.10 Å². The van der Waals surface area contributed by atoms with E-state index < -0.39 is 0 Å². The van der Waals surface area contributed by atoms with Gasteiger partial charge >= 0.3 is 0 Å². The van der Waals surface area contributed by atoms with Gasteiger partial charge in [-0.25, -0.2) is 0 Å². The first-order valence-corrected chi connectivity index (χ1v) is 11.2. The largest absolute Gasteiger partial charge is 0.345 e. The van der Waals surface area contributed by atoms with Crippen LogP contribution in [0.5, 0.6) is 0 Å². The fraction of sp³-hybridized carbons (Fsp3) is 0.652. The minimum Gasteiger partial charge on any atom is -0.345 e. The molecule has 0 aromatic heterocycles. The molecule has 4 rings (SSSR count). The molecule has 2 unspecified atom stereocenters. The van der Waals surface area contributed by atoms with Crippen LogP contribution in [0.4, 0.5) is 0 Å². The van der Waals surface area contributed by atoms with Gasteiger partial charge in [-0.15, -0.1) is 0 Å². The number of carbonyl (C=O) groups is 1. The minimum absolute atomic E-state index is 0.0282. The lowest BCUT2D eigenvalue weighted by atomic mass is 9.76. The molecule has 2 aliphatic carbocycles. The summed E-state index contributed by atoms with van der Waals surface area (Å²) < 4.78 is 0. The fourth-order valence-electron chi connectivity index (χ4n) is 5.60. The lowest BCUT2D eigenvalue weighted by Crippen LogP contribution is -2.55. The van der Waals surface area contributed by atoms with E-state index in [9.17, 15) is 4.79 Å². The van der Waals surface area contributed by atoms with Gasteiger partial charge in [0.15, 0.2) is 0 Å². The van der Waals surface area contributed by atoms with Crippen molar-refractivity contribution in [3.05, 3.63) is 34.9 Å². The highest BCUT2D eigenvalue weighted by Gasteiger charge is 2.59. The van der Waals surface area contributed by atoms with Gasteiger partial charge in [0.05, 0.1) is 6.04 Å². The van der Waals surface area contributed by atoms with Crippen molar-refractivity contribution in [3.8, 4) is 0 Å². The average Bonchev–Trinajstić information content (AvgIpc) is 3.28. The summed E-state index contributed by atoms with van der Waals surface area (Å²) in [5.41, 5.74) is 1.97. The Morgan fingerprint density at radius 3 is 2.50 bits per heavy atom. The molecular formula is C23H32ClN3O. The molecule has 1 aromatic rings. The topological polar surface area (TPSA) is 44.7 Å². The summed E-state index contributed by atoms with van der Waals surface area (Å²) in [5.74, 6) is 0.632. The Balaban J connectivity index is 1.52. The second-order valence-electron chi connectivity index (χ2n) is 9.33. The van der Waals surface area contributed by atoms with Crippen molar-refractivity contribution in [1.29, 1.82) is 0 Å². The molecule has 1 heterocycles. The maximum atomic E-state index is 13.2. The first kappa shape index (κ1) is 19.8. The monoisotopic (exact) mass is 401 g/mol. The number of nitrogens with one attached hydrogen (secondary N) is 1. The van der Waals surface area contributed by atoms with Crippen LogP contribution < -0.4 is 5.32 Å². The molecule has 2 atom stereocenters. The molecule has 5 heteroatoms. The third-order valence-electron chi connectivity index (χ3n) is 7.79. The Morgan fingerprint density at radius 1 is 1.25 bits per heavy atom. The Bertz CT molecular complexity index is 767. The van der Waals surface area contributed by atoms with Crippen LogP contribution in [0.2, 0.25) is 5.02 Å². The van der Waals surface area contributed by atoms with Crippen molar-refractivity contribution in [1.82, 2.24) is 10.3 Å². The zero-order chi connectivity index (χ0) is 19.9. The van der Waals surface area contributed by atoms with E-state index in [2.05, 4.69) is 43.2 Å². The molecule has 2 fully saturated rings. The van der Waals surface area contributed by atoms with Gasteiger partial charge < -0.3 is 5.32 Å². The lowest BCUT2D eigenvalue weighted by molar-refractivity contribution is -0.117. The first-order valence-electron chi connectivity index (χ1n) is 10.8. The zero-order valence-electron chi connectivity index (χ0n) is 17.3. The zero-order valence-corrected chi connectivity index (χ0v) is 18.1. The summed E-state index contributed by atoms with van der Waals surface area (Å²) in [6, 6.07) is 8.08. The Hall–Kier alpha value is -1.55. The molecule has 28 heavy (non-hydrogen) atoms. The molecule has 2 bridgehead atoms. The Labute approximate surface area is 173 Å². The first-order chi connectivity index (χ1) is 13.4. The molecule has 1 N–H and O–H groups in total. The summed E-state index contributed by atoms with van der Waals surface area (Å²) in [7, 11) is 0. The summed E-state index contributed by atoms with van der Waals surface area (Å²) in [5, 5.41) is 11.1. The van der Waals surface area contributed by atoms with E-state index in [4.69, 9.17) is 16.7 Å². The van der Waals surface area contributed by atoms with Crippen LogP contribution in [-0.4, -0.2) is 28.7 Å². The summed E-state index contributed by atoms with van der Waals surface area (Å²) >= 11 is 6.07. The van der Waals surface area contributed by atoms with Crippen molar-refractivity contribution in [2.75, 3.05) is 6.54 Å². The molecule has 1 aliphatic heterocycles. The number of carbonyl (C=O) groups excluding carboxylic acids is 1. The number of hydrogen-bond acceptors (Lipinski definition) is 3. The molecule has 1 amide bonds. The van der Waals surface area contributed by atoms with Crippen molar-refractivity contribution < 1.29 is 4.79 Å². The molecular weight excluding hydrogens is 370 g/mol. The van der Waals surface area contributed by atoms with Gasteiger partial charge in [-0.05, 0) is 68.1 Å². The molecule has 1 aromatic carbocycles. The molecule has 3 aliphatic rings. The molecule has 0 saturated heterocycles. The van der Waals surface area contributed by atoms with E-state index in [0.717, 1.165) is 24.4 Å². The van der Waals surface area contributed by atoms with E-state index in [1.54, 1.807) is 0 Å². The number of amides is 1. The number of fused-ring (bicyclic) bond motifs is 2. The number of hydrogen-bond donors (Lipinski definition) is 1. The van der Waals surface area contributed by atoms with E-state index in [0.29, 0.717) is 18.1 Å². The number of rotatable bonds is 6. The second-order valence-corrected chi connectivity index (χ2v) is 9.76. The van der Waals surface area contributed by atoms with E-state index in [1.807, 2.05) is 12.1 Å². The quantitative estimate of drug-likeness (QED) is 0.700. The summed E-state index contributed by atoms with van der Waals surface area (Å²) in [4.78, 5) is 13.2. The SMILES string of the molecule is CCCCN1N=C(C(=O)NC2(C)C3CCC2(C)CC3)CC1c1ccc(Cl)cc1. The molecule has 4 nitrogen and oxygen atoms in total. The Kier molecular flexibility index (Phi) is 5.20. The number of unbranched alkanes of at least 4 members (excludes halogenated alkanes) is 1. The maximum Gasteiger partial charge on any atom is 0.268 e. The predicted molar refractivity (Wildman–Crippen MR) is 114 cm³/mol. The fourth-order valence-corrected chi connectivity index (χ4v) is 5.72. The smallest absolute Gasteiger partial charge is 0.268 e. The number of nitrogens with zero attached hydrogens (tertiary/aromatic N) is 2. The van der Waals surface area contributed by atoms with Crippen LogP contribution in [0.1, 0.15) is 77.3 Å². The van der Waals surface area contributed by atoms with Crippen LogP contribution in [0.25, 0.3) is 0 Å². The third-order valence-corrected chi connectivity index (χ3v) is 8.04. The summed E-state index contributed by atoms with van der Waals surface area (Å²) in [6.45, 7) is 7.66. The van der Waals surface area contributed by atoms with Crippen LogP contribution in [-0.2, 0) is 4.79 Å². The Morgan fingerprint density at radius 2 is 1.93 bits per heavy atom. The van der Waals surface area contributed by atoms with Crippen molar-refractivity contribution >= 4 is 23.2 Å². The van der Waals surface area contributed by atoms with Crippen LogP contribution >= 0.6 is 11.6 Å². The highest BCUT2D eigenvalue weighted by Crippen LogP contribution is 2.60. The number of benzene rings is 1. The van der Waals surface area contributed by atoms with Crippen molar-refractivity contribution in [2.45, 2.75) is 77.3 Å². The normalized spacial score (nSPS) is 34.0. The lowest BCUT2D eigenvalue weighted by Gasteiger charge is -2.39. The molecule has 0 spiro atoms. The van der Waals surface area contributed by atoms with Crippen LogP contribution in [0, 0.1) is 11.3 Å². The van der Waals surface area contributed by atoms with Gasteiger partial charge in [0, 0.05) is 23.5 Å². The van der Waals surface area contributed by atoms with E-state index in [-0.39, 0.29) is 22.9 Å². The number of halogens is 1. The number of hydrazone groups is 1. The third kappa shape index (κ3) is 3.24. The molecule has 2 saturated carbocycles. The highest BCUT2D eigenvalue weighted by molar-refractivity contribution is 6.39. The van der Waals surface area contributed by atoms with E-state index >= 15 is 0 Å². The predicted octanol–water partition coefficient (Wildman–Crippen LogP) is 5.33. The van der Waals surface area contributed by atoms with Gasteiger partial charge in [0.1, 0.15) is 5.71 Å². The van der Waals surface area contributed by atoms with Gasteiger partial charge in [-0.3, -0.25) is 9.80 Å². The second kappa shape index (κ2) is 7.37.